The Morgan fingerprint density at radius 3 is 2.88 bits per heavy atom. The van der Waals surface area contributed by atoms with E-state index in [1.807, 2.05) is 43.1 Å². The number of fused-ring (bicyclic) bond motifs is 1. The number of carbonyl (C=O) groups is 1. The summed E-state index contributed by atoms with van der Waals surface area (Å²) < 4.78 is 2.07. The number of H-pyrrole nitrogens is 1. The lowest BCUT2D eigenvalue weighted by molar-refractivity contribution is 0.0728. The Labute approximate surface area is 151 Å². The van der Waals surface area contributed by atoms with Crippen LogP contribution in [-0.4, -0.2) is 31.9 Å². The number of benzene rings is 1. The third-order valence-corrected chi connectivity index (χ3v) is 5.16. The van der Waals surface area contributed by atoms with Crippen LogP contribution in [0.15, 0.2) is 41.2 Å². The zero-order valence-electron chi connectivity index (χ0n) is 15.0. The highest BCUT2D eigenvalue weighted by molar-refractivity contribution is 5.94. The molecule has 1 saturated heterocycles. The minimum Gasteiger partial charge on any atom is -0.329 e. The molecule has 3 heterocycles. The van der Waals surface area contributed by atoms with Gasteiger partial charge in [0.15, 0.2) is 0 Å². The molecule has 1 amide bonds. The molecular formula is C20H22N4O2. The molecule has 1 aromatic carbocycles. The molecule has 1 aliphatic heterocycles. The minimum absolute atomic E-state index is 0.0655. The predicted octanol–water partition coefficient (Wildman–Crippen LogP) is 2.80. The fourth-order valence-corrected chi connectivity index (χ4v) is 3.82. The van der Waals surface area contributed by atoms with E-state index in [1.165, 1.54) is 6.07 Å². The molecule has 0 aliphatic carbocycles. The molecule has 26 heavy (non-hydrogen) atoms. The van der Waals surface area contributed by atoms with Crippen LogP contribution in [0.2, 0.25) is 0 Å². The fraction of sp³-hybridized carbons (Fsp3) is 0.350. The Morgan fingerprint density at radius 2 is 2.12 bits per heavy atom. The van der Waals surface area contributed by atoms with Gasteiger partial charge in [0.25, 0.3) is 5.91 Å². The summed E-state index contributed by atoms with van der Waals surface area (Å²) in [6, 6.07) is 11.1. The summed E-state index contributed by atoms with van der Waals surface area (Å²) in [6.07, 6.45) is 2.50. The van der Waals surface area contributed by atoms with Crippen LogP contribution in [0.3, 0.4) is 0 Å². The maximum absolute atomic E-state index is 13.1. The van der Waals surface area contributed by atoms with Gasteiger partial charge in [-0.05, 0) is 37.5 Å². The van der Waals surface area contributed by atoms with Crippen molar-refractivity contribution in [2.45, 2.75) is 32.2 Å². The molecule has 3 aromatic rings. The Hall–Kier alpha value is -2.89. The summed E-state index contributed by atoms with van der Waals surface area (Å²) in [5.74, 6) is 0.804. The van der Waals surface area contributed by atoms with E-state index in [-0.39, 0.29) is 17.5 Å². The van der Waals surface area contributed by atoms with Crippen molar-refractivity contribution in [1.29, 1.82) is 0 Å². The van der Waals surface area contributed by atoms with Gasteiger partial charge in [0.2, 0.25) is 5.56 Å². The lowest BCUT2D eigenvalue weighted by Gasteiger charge is -2.24. The van der Waals surface area contributed by atoms with Gasteiger partial charge < -0.3 is 14.5 Å². The van der Waals surface area contributed by atoms with Crippen LogP contribution in [0.4, 0.5) is 0 Å². The van der Waals surface area contributed by atoms with Gasteiger partial charge in [-0.2, -0.15) is 0 Å². The second kappa shape index (κ2) is 6.44. The minimum atomic E-state index is -0.230. The number of nitrogens with zero attached hydrogens (tertiary/aromatic N) is 3. The van der Waals surface area contributed by atoms with Crippen LogP contribution in [0, 0.1) is 0 Å². The van der Waals surface area contributed by atoms with E-state index in [4.69, 9.17) is 4.98 Å². The molecular weight excluding hydrogens is 328 g/mol. The van der Waals surface area contributed by atoms with Gasteiger partial charge in [0.05, 0.1) is 17.1 Å². The van der Waals surface area contributed by atoms with Gasteiger partial charge in [-0.15, -0.1) is 0 Å². The van der Waals surface area contributed by atoms with Crippen molar-refractivity contribution >= 4 is 16.9 Å². The van der Waals surface area contributed by atoms with E-state index in [2.05, 4.69) is 9.55 Å². The smallest absolute Gasteiger partial charge is 0.254 e. The van der Waals surface area contributed by atoms with Crippen molar-refractivity contribution in [2.75, 3.05) is 6.54 Å². The molecule has 4 rings (SSSR count). The largest absolute Gasteiger partial charge is 0.329 e. The van der Waals surface area contributed by atoms with Crippen molar-refractivity contribution in [3.8, 4) is 0 Å². The Kier molecular flexibility index (Phi) is 4.11. The molecule has 134 valence electrons. The SMILES string of the molecule is CCc1cc(C(=O)N2CCCC2c2nc3ccccc3n2C)cc(=O)[nH]1. The summed E-state index contributed by atoms with van der Waals surface area (Å²) in [6.45, 7) is 2.64. The van der Waals surface area contributed by atoms with Crippen LogP contribution in [0.25, 0.3) is 11.0 Å². The third-order valence-electron chi connectivity index (χ3n) is 5.16. The first kappa shape index (κ1) is 16.6. The van der Waals surface area contributed by atoms with E-state index in [1.54, 1.807) is 6.07 Å². The van der Waals surface area contributed by atoms with Crippen molar-refractivity contribution in [3.05, 3.63) is 63.8 Å². The molecule has 6 nitrogen and oxygen atoms in total. The number of imidazole rings is 1. The van der Waals surface area contributed by atoms with Gasteiger partial charge in [0.1, 0.15) is 5.82 Å². The van der Waals surface area contributed by atoms with E-state index in [0.29, 0.717) is 18.5 Å². The summed E-state index contributed by atoms with van der Waals surface area (Å²) in [4.78, 5) is 34.4. The molecule has 1 aliphatic rings. The van der Waals surface area contributed by atoms with E-state index in [0.717, 1.165) is 35.4 Å². The van der Waals surface area contributed by atoms with Crippen LogP contribution in [0.1, 0.15) is 47.7 Å². The van der Waals surface area contributed by atoms with Gasteiger partial charge >= 0.3 is 0 Å². The zero-order valence-corrected chi connectivity index (χ0v) is 15.0. The van der Waals surface area contributed by atoms with E-state index < -0.39 is 0 Å². The molecule has 0 radical (unpaired) electrons. The third kappa shape index (κ3) is 2.71. The summed E-state index contributed by atoms with van der Waals surface area (Å²) in [5, 5.41) is 0. The number of hydrogen-bond donors (Lipinski definition) is 1. The number of pyridine rings is 1. The van der Waals surface area contributed by atoms with Crippen LogP contribution in [0.5, 0.6) is 0 Å². The maximum Gasteiger partial charge on any atom is 0.254 e. The molecule has 1 fully saturated rings. The summed E-state index contributed by atoms with van der Waals surface area (Å²) in [5.41, 5.74) is 3.00. The van der Waals surface area contributed by atoms with Crippen molar-refractivity contribution in [2.24, 2.45) is 7.05 Å². The van der Waals surface area contributed by atoms with Crippen LogP contribution >= 0.6 is 0 Å². The van der Waals surface area contributed by atoms with E-state index >= 15 is 0 Å². The Morgan fingerprint density at radius 1 is 1.31 bits per heavy atom. The number of nitrogens with one attached hydrogen (secondary N) is 1. The van der Waals surface area contributed by atoms with Gasteiger partial charge in [-0.25, -0.2) is 4.98 Å². The second-order valence-corrected chi connectivity index (χ2v) is 6.79. The number of aromatic amines is 1. The topological polar surface area (TPSA) is 71.0 Å². The summed E-state index contributed by atoms with van der Waals surface area (Å²) in [7, 11) is 1.99. The number of carbonyl (C=O) groups excluding carboxylic acids is 1. The molecule has 0 bridgehead atoms. The monoisotopic (exact) mass is 350 g/mol. The maximum atomic E-state index is 13.1. The highest BCUT2D eigenvalue weighted by Crippen LogP contribution is 2.33. The molecule has 1 atom stereocenters. The average molecular weight is 350 g/mol. The number of likely N-dealkylation sites (tertiary alicyclic amines) is 1. The first-order valence-corrected chi connectivity index (χ1v) is 9.04. The molecule has 0 saturated carbocycles. The highest BCUT2D eigenvalue weighted by atomic mass is 16.2. The standard InChI is InChI=1S/C20H22N4O2/c1-3-14-11-13(12-18(25)21-14)20(26)24-10-6-9-17(24)19-22-15-7-4-5-8-16(15)23(19)2/h4-5,7-8,11-12,17H,3,6,9-10H2,1-2H3,(H,21,25). The lowest BCUT2D eigenvalue weighted by Crippen LogP contribution is -2.32. The highest BCUT2D eigenvalue weighted by Gasteiger charge is 2.33. The molecule has 1 unspecified atom stereocenters. The molecule has 2 aromatic heterocycles. The quantitative estimate of drug-likeness (QED) is 0.789. The average Bonchev–Trinajstić information content (AvgIpc) is 3.25. The van der Waals surface area contributed by atoms with Gasteiger partial charge in [0, 0.05) is 30.9 Å². The van der Waals surface area contributed by atoms with Crippen LogP contribution in [-0.2, 0) is 13.5 Å². The fourth-order valence-electron chi connectivity index (χ4n) is 3.82. The number of aryl methyl sites for hydroxylation is 2. The van der Waals surface area contributed by atoms with Gasteiger partial charge in [-0.1, -0.05) is 19.1 Å². The van der Waals surface area contributed by atoms with Crippen molar-refractivity contribution < 1.29 is 4.79 Å². The molecule has 1 N–H and O–H groups in total. The zero-order chi connectivity index (χ0) is 18.3. The van der Waals surface area contributed by atoms with E-state index in [9.17, 15) is 9.59 Å². The number of para-hydroxylation sites is 2. The number of hydrogen-bond acceptors (Lipinski definition) is 3. The Balaban J connectivity index is 1.72. The predicted molar refractivity (Wildman–Crippen MR) is 100 cm³/mol. The molecule has 0 spiro atoms. The van der Waals surface area contributed by atoms with Crippen molar-refractivity contribution in [1.82, 2.24) is 19.4 Å². The number of aromatic nitrogens is 3. The van der Waals surface area contributed by atoms with Gasteiger partial charge in [-0.3, -0.25) is 9.59 Å². The van der Waals surface area contributed by atoms with Crippen LogP contribution < -0.4 is 5.56 Å². The molecule has 6 heteroatoms. The Bertz CT molecular complexity index is 1030. The lowest BCUT2D eigenvalue weighted by atomic mass is 10.1. The second-order valence-electron chi connectivity index (χ2n) is 6.79. The summed E-state index contributed by atoms with van der Waals surface area (Å²) >= 11 is 0. The first-order valence-electron chi connectivity index (χ1n) is 9.04. The van der Waals surface area contributed by atoms with Crippen molar-refractivity contribution in [3.63, 3.8) is 0 Å². The first-order chi connectivity index (χ1) is 12.6. The normalized spacial score (nSPS) is 17.2. The number of amides is 1. The number of rotatable bonds is 3.